The summed E-state index contributed by atoms with van der Waals surface area (Å²) in [5.41, 5.74) is 0. The largest absolute Gasteiger partial charge is 0.480 e. The molecule has 2 atom stereocenters. The van der Waals surface area contributed by atoms with E-state index in [-0.39, 0.29) is 11.9 Å². The van der Waals surface area contributed by atoms with Crippen molar-refractivity contribution in [2.45, 2.75) is 51.1 Å². The van der Waals surface area contributed by atoms with E-state index in [1.165, 1.54) is 0 Å². The second kappa shape index (κ2) is 6.48. The van der Waals surface area contributed by atoms with Crippen LogP contribution in [0.5, 0.6) is 0 Å². The average Bonchev–Trinajstić information content (AvgIpc) is 2.64. The van der Waals surface area contributed by atoms with E-state index < -0.39 is 12.0 Å². The van der Waals surface area contributed by atoms with E-state index in [0.29, 0.717) is 19.4 Å². The Kier molecular flexibility index (Phi) is 5.25. The van der Waals surface area contributed by atoms with Crippen LogP contribution >= 0.6 is 0 Å². The van der Waals surface area contributed by atoms with Gasteiger partial charge in [-0.1, -0.05) is 19.8 Å². The summed E-state index contributed by atoms with van der Waals surface area (Å²) in [6.07, 6.45) is 3.89. The number of carboxylic acid groups (broad SMARTS) is 1. The molecule has 1 saturated heterocycles. The molecule has 1 amide bonds. The van der Waals surface area contributed by atoms with Gasteiger partial charge < -0.3 is 15.7 Å². The zero-order valence-corrected chi connectivity index (χ0v) is 9.66. The summed E-state index contributed by atoms with van der Waals surface area (Å²) in [7, 11) is 0. The normalized spacial score (nSPS) is 21.8. The van der Waals surface area contributed by atoms with E-state index in [4.69, 9.17) is 5.11 Å². The first kappa shape index (κ1) is 13.0. The lowest BCUT2D eigenvalue weighted by molar-refractivity contribution is -0.139. The summed E-state index contributed by atoms with van der Waals surface area (Å²) in [6.45, 7) is 2.59. The molecule has 0 saturated carbocycles. The minimum Gasteiger partial charge on any atom is -0.480 e. The van der Waals surface area contributed by atoms with Gasteiger partial charge >= 0.3 is 5.97 Å². The number of carboxylic acids is 1. The third-order valence-corrected chi connectivity index (χ3v) is 2.84. The maximum absolute atomic E-state index is 10.9. The van der Waals surface area contributed by atoms with E-state index in [1.54, 1.807) is 0 Å². The summed E-state index contributed by atoms with van der Waals surface area (Å²) in [5, 5.41) is 14.8. The fourth-order valence-corrected chi connectivity index (χ4v) is 1.84. The molecule has 0 spiro atoms. The summed E-state index contributed by atoms with van der Waals surface area (Å²) < 4.78 is 0. The smallest absolute Gasteiger partial charge is 0.320 e. The monoisotopic (exact) mass is 228 g/mol. The highest BCUT2D eigenvalue weighted by Crippen LogP contribution is 2.07. The molecule has 5 heteroatoms. The number of nitrogens with one attached hydrogen (secondary N) is 2. The predicted molar refractivity (Wildman–Crippen MR) is 60.1 cm³/mol. The van der Waals surface area contributed by atoms with Gasteiger partial charge in [-0.15, -0.1) is 0 Å². The molecule has 5 nitrogen and oxygen atoms in total. The zero-order chi connectivity index (χ0) is 12.0. The summed E-state index contributed by atoms with van der Waals surface area (Å²) in [5.74, 6) is -0.745. The lowest BCUT2D eigenvalue weighted by Gasteiger charge is -2.17. The molecule has 1 heterocycles. The van der Waals surface area contributed by atoms with E-state index >= 15 is 0 Å². The Morgan fingerprint density at radius 3 is 2.94 bits per heavy atom. The van der Waals surface area contributed by atoms with E-state index in [9.17, 15) is 9.59 Å². The lowest BCUT2D eigenvalue weighted by atomic mass is 10.1. The third kappa shape index (κ3) is 4.18. The number of carbonyl (C=O) groups excluding carboxylic acids is 1. The number of hydrogen-bond acceptors (Lipinski definition) is 3. The van der Waals surface area contributed by atoms with Crippen molar-refractivity contribution < 1.29 is 14.7 Å². The van der Waals surface area contributed by atoms with Crippen molar-refractivity contribution in [3.05, 3.63) is 0 Å². The SMILES string of the molecule is CCCCC(NCC1CCC(=O)N1)C(=O)O. The average molecular weight is 228 g/mol. The third-order valence-electron chi connectivity index (χ3n) is 2.84. The van der Waals surface area contributed by atoms with Gasteiger partial charge in [-0.3, -0.25) is 9.59 Å². The van der Waals surface area contributed by atoms with Gasteiger partial charge in [0, 0.05) is 19.0 Å². The van der Waals surface area contributed by atoms with Crippen LogP contribution in [0.1, 0.15) is 39.0 Å². The molecule has 0 aromatic carbocycles. The van der Waals surface area contributed by atoms with Crippen molar-refractivity contribution in [2.75, 3.05) is 6.54 Å². The second-order valence-electron chi connectivity index (χ2n) is 4.24. The van der Waals surface area contributed by atoms with Crippen LogP contribution in [0.15, 0.2) is 0 Å². The van der Waals surface area contributed by atoms with Crippen molar-refractivity contribution in [1.29, 1.82) is 0 Å². The molecule has 0 bridgehead atoms. The number of amides is 1. The number of carbonyl (C=O) groups is 2. The summed E-state index contributed by atoms with van der Waals surface area (Å²) >= 11 is 0. The highest BCUT2D eigenvalue weighted by atomic mass is 16.4. The first-order valence-electron chi connectivity index (χ1n) is 5.89. The maximum atomic E-state index is 10.9. The van der Waals surface area contributed by atoms with Crippen LogP contribution in [0.2, 0.25) is 0 Å². The Hall–Kier alpha value is -1.10. The molecule has 2 unspecified atom stereocenters. The maximum Gasteiger partial charge on any atom is 0.320 e. The van der Waals surface area contributed by atoms with Gasteiger partial charge in [-0.05, 0) is 12.8 Å². The van der Waals surface area contributed by atoms with Crippen LogP contribution in [0.3, 0.4) is 0 Å². The summed E-state index contributed by atoms with van der Waals surface area (Å²) in [6, 6.07) is -0.395. The number of unbranched alkanes of at least 4 members (excludes halogenated alkanes) is 1. The minimum atomic E-state index is -0.808. The van der Waals surface area contributed by atoms with Gasteiger partial charge in [0.1, 0.15) is 6.04 Å². The van der Waals surface area contributed by atoms with Gasteiger partial charge in [0.2, 0.25) is 5.91 Å². The van der Waals surface area contributed by atoms with Gasteiger partial charge in [-0.2, -0.15) is 0 Å². The molecule has 1 aliphatic heterocycles. The molecule has 0 radical (unpaired) electrons. The van der Waals surface area contributed by atoms with Gasteiger partial charge in [0.25, 0.3) is 0 Å². The van der Waals surface area contributed by atoms with E-state index in [2.05, 4.69) is 10.6 Å². The molecule has 1 rings (SSSR count). The van der Waals surface area contributed by atoms with Crippen LogP contribution in [0.4, 0.5) is 0 Å². The van der Waals surface area contributed by atoms with Crippen molar-refractivity contribution in [3.8, 4) is 0 Å². The predicted octanol–water partition coefficient (Wildman–Crippen LogP) is 0.498. The Morgan fingerprint density at radius 1 is 1.69 bits per heavy atom. The fraction of sp³-hybridized carbons (Fsp3) is 0.818. The topological polar surface area (TPSA) is 78.4 Å². The molecule has 1 fully saturated rings. The van der Waals surface area contributed by atoms with Crippen LogP contribution in [0.25, 0.3) is 0 Å². The Bertz CT molecular complexity index is 256. The molecule has 3 N–H and O–H groups in total. The summed E-state index contributed by atoms with van der Waals surface area (Å²) in [4.78, 5) is 21.9. The highest BCUT2D eigenvalue weighted by molar-refractivity contribution is 5.78. The van der Waals surface area contributed by atoms with Crippen LogP contribution in [-0.4, -0.2) is 35.6 Å². The standard InChI is InChI=1S/C11H20N2O3/c1-2-3-4-9(11(15)16)12-7-8-5-6-10(14)13-8/h8-9,12H,2-7H2,1H3,(H,13,14)(H,15,16). The first-order chi connectivity index (χ1) is 7.63. The number of hydrogen-bond donors (Lipinski definition) is 3. The van der Waals surface area contributed by atoms with Crippen molar-refractivity contribution in [1.82, 2.24) is 10.6 Å². The van der Waals surface area contributed by atoms with Crippen molar-refractivity contribution in [2.24, 2.45) is 0 Å². The first-order valence-corrected chi connectivity index (χ1v) is 5.89. The van der Waals surface area contributed by atoms with Gasteiger partial charge in [-0.25, -0.2) is 0 Å². The molecule has 0 aliphatic carbocycles. The number of rotatable bonds is 7. The van der Waals surface area contributed by atoms with E-state index in [0.717, 1.165) is 19.3 Å². The minimum absolute atomic E-state index is 0.0623. The molecular formula is C11H20N2O3. The Balaban J connectivity index is 2.26. The molecule has 0 aromatic rings. The molecule has 16 heavy (non-hydrogen) atoms. The van der Waals surface area contributed by atoms with Crippen molar-refractivity contribution in [3.63, 3.8) is 0 Å². The highest BCUT2D eigenvalue weighted by Gasteiger charge is 2.23. The van der Waals surface area contributed by atoms with Crippen LogP contribution in [-0.2, 0) is 9.59 Å². The zero-order valence-electron chi connectivity index (χ0n) is 9.66. The van der Waals surface area contributed by atoms with Crippen LogP contribution < -0.4 is 10.6 Å². The van der Waals surface area contributed by atoms with Crippen molar-refractivity contribution >= 4 is 11.9 Å². The second-order valence-corrected chi connectivity index (χ2v) is 4.24. The van der Waals surface area contributed by atoms with Crippen LogP contribution in [0, 0.1) is 0 Å². The van der Waals surface area contributed by atoms with E-state index in [1.807, 2.05) is 6.92 Å². The fourth-order valence-electron chi connectivity index (χ4n) is 1.84. The quantitative estimate of drug-likeness (QED) is 0.593. The Labute approximate surface area is 95.6 Å². The molecule has 1 aliphatic rings. The molecular weight excluding hydrogens is 208 g/mol. The van der Waals surface area contributed by atoms with Gasteiger partial charge in [0.15, 0.2) is 0 Å². The number of aliphatic carboxylic acids is 1. The Morgan fingerprint density at radius 2 is 2.44 bits per heavy atom. The lowest BCUT2D eigenvalue weighted by Crippen LogP contribution is -2.44. The molecule has 92 valence electrons. The molecule has 0 aromatic heterocycles. The van der Waals surface area contributed by atoms with Gasteiger partial charge in [0.05, 0.1) is 0 Å².